The number of quaternary nitrogens is 1. The fourth-order valence-electron chi connectivity index (χ4n) is 2.81. The van der Waals surface area contributed by atoms with E-state index >= 15 is 0 Å². The van der Waals surface area contributed by atoms with Crippen molar-refractivity contribution in [2.45, 2.75) is 19.4 Å². The van der Waals surface area contributed by atoms with Crippen molar-refractivity contribution in [2.24, 2.45) is 0 Å². The van der Waals surface area contributed by atoms with E-state index in [4.69, 9.17) is 4.98 Å². The zero-order valence-corrected chi connectivity index (χ0v) is 13.2. The molecular formula is C18H19FN3O+. The van der Waals surface area contributed by atoms with Gasteiger partial charge in [0.2, 0.25) is 0 Å². The smallest absolute Gasteiger partial charge is 0.266 e. The molecule has 3 aromatic rings. The summed E-state index contributed by atoms with van der Waals surface area (Å²) in [4.78, 5) is 17.7. The van der Waals surface area contributed by atoms with Crippen molar-refractivity contribution in [3.05, 3.63) is 70.5 Å². The van der Waals surface area contributed by atoms with Crippen LogP contribution < -0.4 is 10.9 Å². The van der Waals surface area contributed by atoms with E-state index in [2.05, 4.69) is 6.92 Å². The topological polar surface area (TPSA) is 51.5 Å². The highest BCUT2D eigenvalue weighted by Crippen LogP contribution is 2.18. The minimum absolute atomic E-state index is 0.0531. The number of nitrogens with two attached hydrogens (primary N) is 1. The van der Waals surface area contributed by atoms with E-state index in [1.807, 2.05) is 30.6 Å². The quantitative estimate of drug-likeness (QED) is 0.803. The zero-order chi connectivity index (χ0) is 16.4. The Morgan fingerprint density at radius 3 is 2.52 bits per heavy atom. The molecule has 1 heterocycles. The molecule has 0 fully saturated rings. The minimum atomic E-state index is -0.328. The SMILES string of the molecule is CC[C@H]([NH2+]C)c1nc2ccccc2c(=O)n1-c1ccc(F)cc1. The molecule has 4 nitrogen and oxygen atoms in total. The van der Waals surface area contributed by atoms with Gasteiger partial charge in [-0.3, -0.25) is 9.36 Å². The Balaban J connectivity index is 2.36. The van der Waals surface area contributed by atoms with Gasteiger partial charge >= 0.3 is 0 Å². The number of benzene rings is 2. The summed E-state index contributed by atoms with van der Waals surface area (Å²) >= 11 is 0. The van der Waals surface area contributed by atoms with Crippen LogP contribution in [0.2, 0.25) is 0 Å². The summed E-state index contributed by atoms with van der Waals surface area (Å²) in [5, 5.41) is 2.60. The molecule has 2 N–H and O–H groups in total. The molecule has 0 radical (unpaired) electrons. The van der Waals surface area contributed by atoms with Gasteiger partial charge < -0.3 is 5.32 Å². The molecule has 0 aliphatic rings. The normalized spacial score (nSPS) is 12.5. The summed E-state index contributed by atoms with van der Waals surface area (Å²) in [5.74, 6) is 0.358. The number of rotatable bonds is 4. The zero-order valence-electron chi connectivity index (χ0n) is 13.2. The summed E-state index contributed by atoms with van der Waals surface area (Å²) in [6, 6.07) is 13.3. The molecule has 0 aliphatic heterocycles. The van der Waals surface area contributed by atoms with Gasteiger partial charge in [-0.15, -0.1) is 0 Å². The highest BCUT2D eigenvalue weighted by molar-refractivity contribution is 5.77. The van der Waals surface area contributed by atoms with Crippen molar-refractivity contribution in [3.8, 4) is 5.69 Å². The van der Waals surface area contributed by atoms with E-state index in [1.54, 1.807) is 22.8 Å². The number of halogens is 1. The maximum Gasteiger partial charge on any atom is 0.266 e. The number of para-hydroxylation sites is 1. The van der Waals surface area contributed by atoms with Gasteiger partial charge in [-0.2, -0.15) is 0 Å². The van der Waals surface area contributed by atoms with Crippen LogP contribution in [-0.2, 0) is 0 Å². The predicted molar refractivity (Wildman–Crippen MR) is 88.2 cm³/mol. The van der Waals surface area contributed by atoms with Crippen molar-refractivity contribution >= 4 is 10.9 Å². The molecule has 0 amide bonds. The number of hydrogen-bond acceptors (Lipinski definition) is 2. The molecule has 118 valence electrons. The molecule has 0 saturated heterocycles. The van der Waals surface area contributed by atoms with E-state index < -0.39 is 0 Å². The molecular weight excluding hydrogens is 293 g/mol. The standard InChI is InChI=1S/C18H18FN3O/c1-3-15(20-2)17-21-16-7-5-4-6-14(16)18(23)22(17)13-10-8-12(19)9-11-13/h4-11,15,20H,3H2,1-2H3/p+1/t15-/m0/s1. The summed E-state index contributed by atoms with van der Waals surface area (Å²) in [6.07, 6.45) is 0.836. The molecule has 0 saturated carbocycles. The van der Waals surface area contributed by atoms with Gasteiger partial charge in [-0.05, 0) is 36.4 Å². The fourth-order valence-corrected chi connectivity index (χ4v) is 2.81. The molecule has 1 aromatic heterocycles. The predicted octanol–water partition coefficient (Wildman–Crippen LogP) is 2.17. The van der Waals surface area contributed by atoms with E-state index in [9.17, 15) is 9.18 Å². The summed E-state index contributed by atoms with van der Waals surface area (Å²) in [5.41, 5.74) is 1.19. The van der Waals surface area contributed by atoms with Crippen molar-refractivity contribution < 1.29 is 9.71 Å². The van der Waals surface area contributed by atoms with Crippen molar-refractivity contribution in [3.63, 3.8) is 0 Å². The second-order valence-electron chi connectivity index (χ2n) is 5.45. The van der Waals surface area contributed by atoms with Crippen LogP contribution in [0.4, 0.5) is 4.39 Å². The Morgan fingerprint density at radius 1 is 1.17 bits per heavy atom. The fraction of sp³-hybridized carbons (Fsp3) is 0.222. The lowest BCUT2D eigenvalue weighted by atomic mass is 10.1. The van der Waals surface area contributed by atoms with Crippen LogP contribution in [0.3, 0.4) is 0 Å². The lowest BCUT2D eigenvalue weighted by Gasteiger charge is -2.18. The largest absolute Gasteiger partial charge is 0.340 e. The van der Waals surface area contributed by atoms with Crippen molar-refractivity contribution in [1.29, 1.82) is 0 Å². The van der Waals surface area contributed by atoms with Crippen LogP contribution in [0.1, 0.15) is 25.2 Å². The second-order valence-corrected chi connectivity index (χ2v) is 5.45. The van der Waals surface area contributed by atoms with Gasteiger partial charge in [0, 0.05) is 6.42 Å². The molecule has 0 bridgehead atoms. The first-order valence-electron chi connectivity index (χ1n) is 7.72. The average molecular weight is 312 g/mol. The molecule has 5 heteroatoms. The molecule has 3 rings (SSSR count). The first kappa shape index (κ1) is 15.4. The lowest BCUT2D eigenvalue weighted by molar-refractivity contribution is -0.672. The van der Waals surface area contributed by atoms with Crippen molar-refractivity contribution in [2.75, 3.05) is 7.05 Å². The molecule has 0 unspecified atom stereocenters. The maximum absolute atomic E-state index is 13.2. The lowest BCUT2D eigenvalue weighted by Crippen LogP contribution is -2.81. The van der Waals surface area contributed by atoms with Gasteiger partial charge in [0.05, 0.1) is 23.6 Å². The van der Waals surface area contributed by atoms with Crippen molar-refractivity contribution in [1.82, 2.24) is 9.55 Å². The van der Waals surface area contributed by atoms with Crippen LogP contribution in [0.25, 0.3) is 16.6 Å². The summed E-state index contributed by atoms with van der Waals surface area (Å²) < 4.78 is 14.8. The maximum atomic E-state index is 13.2. The van der Waals surface area contributed by atoms with E-state index in [1.165, 1.54) is 12.1 Å². The van der Waals surface area contributed by atoms with E-state index in [-0.39, 0.29) is 17.4 Å². The van der Waals surface area contributed by atoms with Crippen LogP contribution >= 0.6 is 0 Å². The first-order chi connectivity index (χ1) is 11.2. The van der Waals surface area contributed by atoms with Crippen LogP contribution in [-0.4, -0.2) is 16.6 Å². The van der Waals surface area contributed by atoms with Crippen LogP contribution in [0.15, 0.2) is 53.3 Å². The molecule has 0 spiro atoms. The van der Waals surface area contributed by atoms with E-state index in [0.717, 1.165) is 6.42 Å². The Labute approximate surface area is 133 Å². The molecule has 2 aromatic carbocycles. The third kappa shape index (κ3) is 2.75. The van der Waals surface area contributed by atoms with Gasteiger partial charge in [0.1, 0.15) is 11.9 Å². The Kier molecular flexibility index (Phi) is 4.21. The third-order valence-electron chi connectivity index (χ3n) is 4.06. The number of aromatic nitrogens is 2. The van der Waals surface area contributed by atoms with Gasteiger partial charge in [0.25, 0.3) is 5.56 Å². The molecule has 1 atom stereocenters. The molecule has 0 aliphatic carbocycles. The number of nitrogens with zero attached hydrogens (tertiary/aromatic N) is 2. The number of hydrogen-bond donors (Lipinski definition) is 1. The second kappa shape index (κ2) is 6.30. The summed E-state index contributed by atoms with van der Waals surface area (Å²) in [6.45, 7) is 2.06. The van der Waals surface area contributed by atoms with Gasteiger partial charge in [-0.1, -0.05) is 19.1 Å². The Morgan fingerprint density at radius 2 is 1.87 bits per heavy atom. The van der Waals surface area contributed by atoms with Crippen LogP contribution in [0.5, 0.6) is 0 Å². The average Bonchev–Trinajstić information content (AvgIpc) is 2.57. The highest BCUT2D eigenvalue weighted by Gasteiger charge is 2.21. The van der Waals surface area contributed by atoms with E-state index in [0.29, 0.717) is 22.4 Å². The van der Waals surface area contributed by atoms with Crippen LogP contribution in [0, 0.1) is 5.82 Å². The summed E-state index contributed by atoms with van der Waals surface area (Å²) in [7, 11) is 1.96. The Bertz CT molecular complexity index is 883. The first-order valence-corrected chi connectivity index (χ1v) is 7.72. The Hall–Kier alpha value is -2.53. The highest BCUT2D eigenvalue weighted by atomic mass is 19.1. The monoisotopic (exact) mass is 312 g/mol. The third-order valence-corrected chi connectivity index (χ3v) is 4.06. The van der Waals surface area contributed by atoms with Gasteiger partial charge in [0.15, 0.2) is 5.82 Å². The molecule has 23 heavy (non-hydrogen) atoms. The minimum Gasteiger partial charge on any atom is -0.340 e. The van der Waals surface area contributed by atoms with Gasteiger partial charge in [-0.25, -0.2) is 9.37 Å². The number of fused-ring (bicyclic) bond motifs is 1.